The van der Waals surface area contributed by atoms with E-state index in [9.17, 15) is 10.2 Å². The summed E-state index contributed by atoms with van der Waals surface area (Å²) in [5.41, 5.74) is 1.31. The summed E-state index contributed by atoms with van der Waals surface area (Å²) in [7, 11) is 0. The average Bonchev–Trinajstić information content (AvgIpc) is 2.74. The minimum absolute atomic E-state index is 0.0305. The van der Waals surface area contributed by atoms with Gasteiger partial charge in [-0.25, -0.2) is 0 Å². The minimum Gasteiger partial charge on any atom is -0.396 e. The average molecular weight is 459 g/mol. The zero-order chi connectivity index (χ0) is 24.2. The first-order valence-electron chi connectivity index (χ1n) is 14.6. The van der Waals surface area contributed by atoms with Gasteiger partial charge in [0.1, 0.15) is 0 Å². The van der Waals surface area contributed by atoms with Crippen molar-refractivity contribution in [1.82, 2.24) is 0 Å². The van der Waals surface area contributed by atoms with Crippen LogP contribution in [0.25, 0.3) is 0 Å². The molecule has 33 heavy (non-hydrogen) atoms. The maximum Gasteiger partial charge on any atom is 0.0649 e. The lowest BCUT2D eigenvalue weighted by atomic mass is 9.30. The highest BCUT2D eigenvalue weighted by Gasteiger charge is 2.71. The largest absolute Gasteiger partial charge is 0.396 e. The Bertz CT molecular complexity index is 775. The quantitative estimate of drug-likeness (QED) is 0.432. The molecule has 0 radical (unpaired) electrons. The van der Waals surface area contributed by atoms with Crippen LogP contribution in [-0.2, 0) is 0 Å². The molecule has 5 saturated carbocycles. The van der Waals surface area contributed by atoms with E-state index in [-0.39, 0.29) is 34.9 Å². The Morgan fingerprint density at radius 3 is 2.12 bits per heavy atom. The summed E-state index contributed by atoms with van der Waals surface area (Å²) in [5, 5.41) is 22.1. The number of fused-ring (bicyclic) bond motifs is 7. The molecule has 0 aromatic carbocycles. The van der Waals surface area contributed by atoms with Gasteiger partial charge < -0.3 is 10.2 Å². The van der Waals surface area contributed by atoms with E-state index in [1.165, 1.54) is 51.4 Å². The van der Waals surface area contributed by atoms with Crippen LogP contribution in [-0.4, -0.2) is 22.9 Å². The summed E-state index contributed by atoms with van der Waals surface area (Å²) < 4.78 is 0. The van der Waals surface area contributed by atoms with Gasteiger partial charge in [0.25, 0.3) is 0 Å². The molecule has 0 bridgehead atoms. The summed E-state index contributed by atoms with van der Waals surface area (Å²) >= 11 is 0. The minimum atomic E-state index is -0.368. The molecule has 0 saturated heterocycles. The third-order valence-corrected chi connectivity index (χ3v) is 14.3. The summed E-state index contributed by atoms with van der Waals surface area (Å²) in [5.74, 6) is 4.54. The van der Waals surface area contributed by atoms with Gasteiger partial charge in [0.05, 0.1) is 6.10 Å². The highest BCUT2D eigenvalue weighted by Crippen LogP contribution is 2.77. The molecule has 5 rings (SSSR count). The van der Waals surface area contributed by atoms with Crippen molar-refractivity contribution in [2.45, 2.75) is 119 Å². The fraction of sp³-hybridized carbons (Fsp3) is 1.00. The lowest BCUT2D eigenvalue weighted by Gasteiger charge is -2.74. The summed E-state index contributed by atoms with van der Waals surface area (Å²) in [6.45, 7) is 20.6. The summed E-state index contributed by atoms with van der Waals surface area (Å²) in [4.78, 5) is 0. The Labute approximate surface area is 204 Å². The first-order valence-corrected chi connectivity index (χ1v) is 14.6. The number of aliphatic hydroxyl groups is 2. The first kappa shape index (κ1) is 24.6. The molecule has 0 heterocycles. The van der Waals surface area contributed by atoms with Gasteiger partial charge in [0.2, 0.25) is 0 Å². The second kappa shape index (κ2) is 7.47. The van der Waals surface area contributed by atoms with Crippen molar-refractivity contribution in [3.8, 4) is 0 Å². The monoisotopic (exact) mass is 458 g/mol. The molecule has 0 amide bonds. The van der Waals surface area contributed by atoms with E-state index in [1.54, 1.807) is 0 Å². The van der Waals surface area contributed by atoms with E-state index < -0.39 is 0 Å². The van der Waals surface area contributed by atoms with Crippen LogP contribution in [0.2, 0.25) is 0 Å². The molecule has 5 fully saturated rings. The maximum atomic E-state index is 11.8. The number of aliphatic hydroxyl groups excluding tert-OH is 2. The topological polar surface area (TPSA) is 40.5 Å². The Morgan fingerprint density at radius 2 is 1.45 bits per heavy atom. The number of hydrogen-bond donors (Lipinski definition) is 2. The lowest BCUT2D eigenvalue weighted by molar-refractivity contribution is -0.277. The summed E-state index contributed by atoms with van der Waals surface area (Å²) in [6.07, 6.45) is 11.4. The van der Waals surface area contributed by atoms with Crippen molar-refractivity contribution >= 4 is 0 Å². The Balaban J connectivity index is 1.57. The van der Waals surface area contributed by atoms with E-state index >= 15 is 0 Å². The van der Waals surface area contributed by atoms with Gasteiger partial charge >= 0.3 is 0 Å². The molecule has 2 nitrogen and oxygen atoms in total. The van der Waals surface area contributed by atoms with Gasteiger partial charge in [-0.1, -0.05) is 55.4 Å². The lowest BCUT2D eigenvalue weighted by Crippen LogP contribution is -2.69. The van der Waals surface area contributed by atoms with Crippen LogP contribution in [0.15, 0.2) is 0 Å². The number of hydrogen-bond acceptors (Lipinski definition) is 2. The predicted octanol–water partition coefficient (Wildman–Crippen LogP) is 7.32. The molecule has 2 N–H and O–H groups in total. The fourth-order valence-electron chi connectivity index (χ4n) is 12.2. The molecule has 5 aliphatic rings. The second-order valence-electron chi connectivity index (χ2n) is 15.7. The predicted molar refractivity (Wildman–Crippen MR) is 137 cm³/mol. The molecule has 2 heteroatoms. The van der Waals surface area contributed by atoms with Gasteiger partial charge in [0.15, 0.2) is 0 Å². The molecule has 0 aromatic rings. The van der Waals surface area contributed by atoms with Crippen molar-refractivity contribution in [3.63, 3.8) is 0 Å². The van der Waals surface area contributed by atoms with Crippen molar-refractivity contribution in [2.24, 2.45) is 68.5 Å². The fourth-order valence-corrected chi connectivity index (χ4v) is 12.2. The molecular weight excluding hydrogens is 404 g/mol. The van der Waals surface area contributed by atoms with Crippen molar-refractivity contribution < 1.29 is 10.2 Å². The summed E-state index contributed by atoms with van der Waals surface area (Å²) in [6, 6.07) is 0. The molecule has 190 valence electrons. The normalized spacial score (nSPS) is 60.2. The van der Waals surface area contributed by atoms with E-state index in [2.05, 4.69) is 55.4 Å². The molecule has 2 unspecified atom stereocenters. The molecule has 0 aromatic heterocycles. The van der Waals surface area contributed by atoms with Crippen molar-refractivity contribution in [3.05, 3.63) is 0 Å². The van der Waals surface area contributed by atoms with Crippen LogP contribution in [0.3, 0.4) is 0 Å². The van der Waals surface area contributed by atoms with Gasteiger partial charge in [-0.05, 0) is 115 Å². The third-order valence-electron chi connectivity index (χ3n) is 14.3. The third kappa shape index (κ3) is 2.98. The highest BCUT2D eigenvalue weighted by atomic mass is 16.3. The van der Waals surface area contributed by atoms with E-state index in [4.69, 9.17) is 0 Å². The Kier molecular flexibility index (Phi) is 5.57. The van der Waals surface area contributed by atoms with Crippen LogP contribution in [0.4, 0.5) is 0 Å². The molecule has 5 aliphatic carbocycles. The van der Waals surface area contributed by atoms with Crippen LogP contribution in [0.1, 0.15) is 113 Å². The first-order chi connectivity index (χ1) is 15.3. The maximum absolute atomic E-state index is 11.8. The van der Waals surface area contributed by atoms with Gasteiger partial charge in [-0.2, -0.15) is 0 Å². The van der Waals surface area contributed by atoms with E-state index in [1.807, 2.05) is 0 Å². The standard InChI is InChI=1S/C31H54O2/c1-19-11-13-28(5)15-16-29(6)22(25(28)20(19)2)9-10-24-30(29,7)14-12-23-27(3,4)17-21(18-32)26(33)31(23,24)8/h19-26,32-33H,9-18H2,1-8H3/t19-,20+,21?,22-,23+,24+,25+,26?,28-,29-,30-,31+/m1/s1. The van der Waals surface area contributed by atoms with Crippen LogP contribution >= 0.6 is 0 Å². The second-order valence-corrected chi connectivity index (χ2v) is 15.7. The number of rotatable bonds is 1. The van der Waals surface area contributed by atoms with Gasteiger partial charge in [-0.3, -0.25) is 0 Å². The van der Waals surface area contributed by atoms with Crippen molar-refractivity contribution in [1.29, 1.82) is 0 Å². The van der Waals surface area contributed by atoms with E-state index in [0.717, 1.165) is 30.1 Å². The smallest absolute Gasteiger partial charge is 0.0649 e. The van der Waals surface area contributed by atoms with Crippen molar-refractivity contribution in [2.75, 3.05) is 6.61 Å². The van der Waals surface area contributed by atoms with Crippen LogP contribution in [0, 0.1) is 68.5 Å². The van der Waals surface area contributed by atoms with Gasteiger partial charge in [-0.15, -0.1) is 0 Å². The zero-order valence-electron chi connectivity index (χ0n) is 23.1. The van der Waals surface area contributed by atoms with Crippen LogP contribution < -0.4 is 0 Å². The molecule has 0 aliphatic heterocycles. The Morgan fingerprint density at radius 1 is 0.758 bits per heavy atom. The molecular formula is C31H54O2. The highest BCUT2D eigenvalue weighted by molar-refractivity contribution is 5.19. The van der Waals surface area contributed by atoms with Gasteiger partial charge in [0, 0.05) is 17.9 Å². The van der Waals surface area contributed by atoms with E-state index in [0.29, 0.717) is 22.7 Å². The Hall–Kier alpha value is -0.0800. The SMILES string of the molecule is C[C@@H]1[C@H]2[C@H]3CC[C@@H]4[C@@]5(C)C(O)C(CO)CC(C)(C)[C@@H]5CC[C@@]4(C)[C@]3(C)CC[C@@]2(C)CC[C@H]1C. The molecule has 0 spiro atoms. The zero-order valence-corrected chi connectivity index (χ0v) is 23.1. The van der Waals surface area contributed by atoms with Crippen LogP contribution in [0.5, 0.6) is 0 Å². The molecule has 12 atom stereocenters.